The van der Waals surface area contributed by atoms with Crippen molar-refractivity contribution in [3.8, 4) is 11.5 Å². The standard InChI is InChI=1S/C18H30N2O2S/c1-17(2,3)12-18(4,5)20-16(23)19-11-13-8-9-14(21-6)15(10-13)22-7/h8-10H,11-12H2,1-7H3,(H2,19,20,23). The van der Waals surface area contributed by atoms with Gasteiger partial charge in [-0.05, 0) is 55.6 Å². The minimum atomic E-state index is -0.0556. The third-order valence-corrected chi connectivity index (χ3v) is 3.57. The molecule has 1 aromatic rings. The summed E-state index contributed by atoms with van der Waals surface area (Å²) in [5, 5.41) is 7.31. The third kappa shape index (κ3) is 7.08. The molecule has 0 bridgehead atoms. The molecule has 0 fully saturated rings. The van der Waals surface area contributed by atoms with E-state index in [1.165, 1.54) is 0 Å². The van der Waals surface area contributed by atoms with Gasteiger partial charge in [-0.15, -0.1) is 0 Å². The van der Waals surface area contributed by atoms with Gasteiger partial charge in [-0.1, -0.05) is 26.8 Å². The Morgan fingerprint density at radius 1 is 1.04 bits per heavy atom. The van der Waals surface area contributed by atoms with Crippen molar-refractivity contribution < 1.29 is 9.47 Å². The second kappa shape index (κ2) is 7.86. The van der Waals surface area contributed by atoms with Crippen molar-refractivity contribution in [2.45, 2.75) is 53.1 Å². The molecular weight excluding hydrogens is 308 g/mol. The molecule has 2 N–H and O–H groups in total. The smallest absolute Gasteiger partial charge is 0.166 e. The van der Waals surface area contributed by atoms with Crippen LogP contribution in [0.3, 0.4) is 0 Å². The maximum atomic E-state index is 5.42. The van der Waals surface area contributed by atoms with Gasteiger partial charge in [0.1, 0.15) is 0 Å². The van der Waals surface area contributed by atoms with E-state index in [0.29, 0.717) is 11.7 Å². The molecule has 1 aromatic carbocycles. The van der Waals surface area contributed by atoms with Crippen molar-refractivity contribution in [1.29, 1.82) is 0 Å². The monoisotopic (exact) mass is 338 g/mol. The second-order valence-electron chi connectivity index (χ2n) is 7.62. The van der Waals surface area contributed by atoms with E-state index in [-0.39, 0.29) is 11.0 Å². The Morgan fingerprint density at radius 3 is 2.17 bits per heavy atom. The molecule has 0 aliphatic rings. The Morgan fingerprint density at radius 2 is 1.65 bits per heavy atom. The second-order valence-corrected chi connectivity index (χ2v) is 8.03. The first-order valence-corrected chi connectivity index (χ1v) is 8.24. The topological polar surface area (TPSA) is 42.5 Å². The van der Waals surface area contributed by atoms with Gasteiger partial charge in [0.25, 0.3) is 0 Å². The van der Waals surface area contributed by atoms with E-state index in [1.54, 1.807) is 14.2 Å². The average molecular weight is 339 g/mol. The third-order valence-electron chi connectivity index (χ3n) is 3.33. The van der Waals surface area contributed by atoms with Gasteiger partial charge in [0, 0.05) is 12.1 Å². The number of nitrogens with one attached hydrogen (secondary N) is 2. The zero-order valence-electron chi connectivity index (χ0n) is 15.4. The Hall–Kier alpha value is -1.49. The molecule has 0 spiro atoms. The van der Waals surface area contributed by atoms with E-state index in [1.807, 2.05) is 18.2 Å². The summed E-state index contributed by atoms with van der Waals surface area (Å²) in [7, 11) is 3.27. The van der Waals surface area contributed by atoms with Gasteiger partial charge in [0.2, 0.25) is 0 Å². The number of methoxy groups -OCH3 is 2. The van der Waals surface area contributed by atoms with Gasteiger partial charge in [-0.25, -0.2) is 0 Å². The molecule has 5 heteroatoms. The minimum Gasteiger partial charge on any atom is -0.493 e. The highest BCUT2D eigenvalue weighted by Crippen LogP contribution is 2.28. The SMILES string of the molecule is COc1ccc(CNC(=S)NC(C)(C)CC(C)(C)C)cc1OC. The fraction of sp³-hybridized carbons (Fsp3) is 0.611. The molecule has 23 heavy (non-hydrogen) atoms. The van der Waals surface area contributed by atoms with Crippen LogP contribution in [0.1, 0.15) is 46.6 Å². The summed E-state index contributed by atoms with van der Waals surface area (Å²) in [5.41, 5.74) is 1.27. The number of hydrogen-bond donors (Lipinski definition) is 2. The van der Waals surface area contributed by atoms with Crippen LogP contribution in [0.15, 0.2) is 18.2 Å². The van der Waals surface area contributed by atoms with Crippen LogP contribution >= 0.6 is 12.2 Å². The van der Waals surface area contributed by atoms with Crippen LogP contribution in [0.4, 0.5) is 0 Å². The fourth-order valence-corrected chi connectivity index (χ4v) is 3.24. The van der Waals surface area contributed by atoms with E-state index in [2.05, 4.69) is 45.3 Å². The van der Waals surface area contributed by atoms with Crippen LogP contribution in [-0.2, 0) is 6.54 Å². The molecule has 0 amide bonds. The van der Waals surface area contributed by atoms with Crippen molar-refractivity contribution in [3.63, 3.8) is 0 Å². The molecule has 0 heterocycles. The van der Waals surface area contributed by atoms with Crippen LogP contribution in [0.5, 0.6) is 11.5 Å². The average Bonchev–Trinajstić information content (AvgIpc) is 2.41. The molecule has 130 valence electrons. The minimum absolute atomic E-state index is 0.0556. The number of ether oxygens (including phenoxy) is 2. The van der Waals surface area contributed by atoms with E-state index < -0.39 is 0 Å². The summed E-state index contributed by atoms with van der Waals surface area (Å²) >= 11 is 5.42. The Labute approximate surface area is 145 Å². The van der Waals surface area contributed by atoms with Gasteiger partial charge in [0.05, 0.1) is 14.2 Å². The van der Waals surface area contributed by atoms with Crippen molar-refractivity contribution in [1.82, 2.24) is 10.6 Å². The van der Waals surface area contributed by atoms with Crippen molar-refractivity contribution in [3.05, 3.63) is 23.8 Å². The highest BCUT2D eigenvalue weighted by atomic mass is 32.1. The predicted octanol–water partition coefficient (Wildman–Crippen LogP) is 3.88. The van der Waals surface area contributed by atoms with Gasteiger partial charge < -0.3 is 20.1 Å². The van der Waals surface area contributed by atoms with Crippen LogP contribution in [0.2, 0.25) is 0 Å². The van der Waals surface area contributed by atoms with E-state index >= 15 is 0 Å². The van der Waals surface area contributed by atoms with Crippen molar-refractivity contribution in [2.24, 2.45) is 5.41 Å². The first-order valence-electron chi connectivity index (χ1n) is 7.83. The normalized spacial score (nSPS) is 11.8. The molecule has 0 aliphatic carbocycles. The van der Waals surface area contributed by atoms with Crippen LogP contribution in [0, 0.1) is 5.41 Å². The Bertz CT molecular complexity index is 536. The molecule has 0 radical (unpaired) electrons. The predicted molar refractivity (Wildman–Crippen MR) is 100 cm³/mol. The zero-order chi connectivity index (χ0) is 17.7. The Kier molecular flexibility index (Phi) is 6.69. The van der Waals surface area contributed by atoms with Crippen molar-refractivity contribution >= 4 is 17.3 Å². The number of hydrogen-bond acceptors (Lipinski definition) is 3. The number of thiocarbonyl (C=S) groups is 1. The molecular formula is C18H30N2O2S. The highest BCUT2D eigenvalue weighted by molar-refractivity contribution is 7.80. The Balaban J connectivity index is 2.59. The van der Waals surface area contributed by atoms with Crippen molar-refractivity contribution in [2.75, 3.05) is 14.2 Å². The van der Waals surface area contributed by atoms with E-state index in [9.17, 15) is 0 Å². The molecule has 4 nitrogen and oxygen atoms in total. The van der Waals surface area contributed by atoms with E-state index in [4.69, 9.17) is 21.7 Å². The first kappa shape index (κ1) is 19.6. The lowest BCUT2D eigenvalue weighted by Crippen LogP contribution is -2.49. The molecule has 0 saturated heterocycles. The quantitative estimate of drug-likeness (QED) is 0.771. The molecule has 0 unspecified atom stereocenters. The van der Waals surface area contributed by atoms with Crippen LogP contribution in [0.25, 0.3) is 0 Å². The summed E-state index contributed by atoms with van der Waals surface area (Å²) in [5.74, 6) is 1.45. The molecule has 0 aromatic heterocycles. The number of benzene rings is 1. The summed E-state index contributed by atoms with van der Waals surface area (Å²) < 4.78 is 10.6. The lowest BCUT2D eigenvalue weighted by atomic mass is 9.82. The first-order chi connectivity index (χ1) is 10.6. The van der Waals surface area contributed by atoms with E-state index in [0.717, 1.165) is 23.5 Å². The van der Waals surface area contributed by atoms with Gasteiger partial charge in [-0.2, -0.15) is 0 Å². The van der Waals surface area contributed by atoms with Crippen LogP contribution in [-0.4, -0.2) is 24.9 Å². The summed E-state index contributed by atoms with van der Waals surface area (Å²) in [6.07, 6.45) is 1.03. The maximum absolute atomic E-state index is 5.42. The largest absolute Gasteiger partial charge is 0.493 e. The molecule has 0 atom stereocenters. The zero-order valence-corrected chi connectivity index (χ0v) is 16.2. The summed E-state index contributed by atoms with van der Waals surface area (Å²) in [6.45, 7) is 11.7. The fourth-order valence-electron chi connectivity index (χ4n) is 2.89. The summed E-state index contributed by atoms with van der Waals surface area (Å²) in [6, 6.07) is 5.85. The molecule has 1 rings (SSSR count). The molecule has 0 saturated carbocycles. The molecule has 0 aliphatic heterocycles. The number of rotatable bonds is 6. The lowest BCUT2D eigenvalue weighted by molar-refractivity contribution is 0.266. The van der Waals surface area contributed by atoms with Gasteiger partial charge >= 0.3 is 0 Å². The highest BCUT2D eigenvalue weighted by Gasteiger charge is 2.25. The van der Waals surface area contributed by atoms with Gasteiger partial charge in [-0.3, -0.25) is 0 Å². The van der Waals surface area contributed by atoms with Crippen LogP contribution < -0.4 is 20.1 Å². The van der Waals surface area contributed by atoms with Gasteiger partial charge in [0.15, 0.2) is 16.6 Å². The summed E-state index contributed by atoms with van der Waals surface area (Å²) in [4.78, 5) is 0. The maximum Gasteiger partial charge on any atom is 0.166 e. The lowest BCUT2D eigenvalue weighted by Gasteiger charge is -2.34.